The Balaban J connectivity index is 2.11. The Morgan fingerprint density at radius 2 is 1.86 bits per heavy atom. The summed E-state index contributed by atoms with van der Waals surface area (Å²) in [5.74, 6) is 0.581. The van der Waals surface area contributed by atoms with Crippen molar-refractivity contribution in [3.63, 3.8) is 0 Å². The van der Waals surface area contributed by atoms with Gasteiger partial charge in [-0.25, -0.2) is 0 Å². The van der Waals surface area contributed by atoms with Crippen molar-refractivity contribution in [1.29, 1.82) is 0 Å². The number of hydrogen-bond acceptors (Lipinski definition) is 2. The molecule has 3 nitrogen and oxygen atoms in total. The number of benzene rings is 2. The number of carbonyl (C=O) groups excluding carboxylic acids is 1. The Labute approximate surface area is 139 Å². The van der Waals surface area contributed by atoms with Crippen molar-refractivity contribution in [2.45, 2.75) is 33.8 Å². The fourth-order valence-corrected chi connectivity index (χ4v) is 2.55. The summed E-state index contributed by atoms with van der Waals surface area (Å²) < 4.78 is 6.70. The van der Waals surface area contributed by atoms with Gasteiger partial charge in [-0.1, -0.05) is 18.2 Å². The molecule has 0 spiro atoms. The predicted octanol–water partition coefficient (Wildman–Crippen LogP) is 4.78. The lowest BCUT2D eigenvalue weighted by Crippen LogP contribution is -2.30. The highest BCUT2D eigenvalue weighted by molar-refractivity contribution is 9.10. The molecule has 0 bridgehead atoms. The fraction of sp³-hybridized carbons (Fsp3) is 0.278. The zero-order chi connectivity index (χ0) is 16.3. The van der Waals surface area contributed by atoms with Crippen LogP contribution < -0.4 is 10.1 Å². The Kier molecular flexibility index (Phi) is 5.24. The summed E-state index contributed by atoms with van der Waals surface area (Å²) in [6.45, 7) is 7.82. The molecule has 4 heteroatoms. The maximum absolute atomic E-state index is 12.3. The predicted molar refractivity (Wildman–Crippen MR) is 93.5 cm³/mol. The van der Waals surface area contributed by atoms with Crippen LogP contribution in [0.2, 0.25) is 0 Å². The number of rotatable bonds is 4. The van der Waals surface area contributed by atoms with E-state index in [0.717, 1.165) is 32.6 Å². The molecule has 1 N–H and O–H groups in total. The number of nitrogens with one attached hydrogen (secondary N) is 1. The zero-order valence-electron chi connectivity index (χ0n) is 13.2. The van der Waals surface area contributed by atoms with Gasteiger partial charge in [0, 0.05) is 4.47 Å². The van der Waals surface area contributed by atoms with Crippen molar-refractivity contribution in [1.82, 2.24) is 0 Å². The maximum atomic E-state index is 12.3. The number of anilines is 1. The molecule has 0 fully saturated rings. The van der Waals surface area contributed by atoms with E-state index in [4.69, 9.17) is 4.74 Å². The standard InChI is InChI=1S/C18H20BrNO2/c1-11-9-12(2)13(3)17(10-11)22-14(4)18(21)20-16-8-6-5-7-15(16)19/h5-10,14H,1-4H3,(H,20,21)/t14-/m1/s1. The minimum absolute atomic E-state index is 0.176. The van der Waals surface area contributed by atoms with E-state index in [9.17, 15) is 4.79 Å². The molecule has 0 aromatic heterocycles. The van der Waals surface area contributed by atoms with Crippen LogP contribution in [-0.2, 0) is 4.79 Å². The maximum Gasteiger partial charge on any atom is 0.265 e. The van der Waals surface area contributed by atoms with Gasteiger partial charge in [0.05, 0.1) is 5.69 Å². The van der Waals surface area contributed by atoms with E-state index in [-0.39, 0.29) is 5.91 Å². The fourth-order valence-electron chi connectivity index (χ4n) is 2.16. The molecule has 0 aliphatic rings. The van der Waals surface area contributed by atoms with Gasteiger partial charge in [0.15, 0.2) is 6.10 Å². The molecule has 2 rings (SSSR count). The van der Waals surface area contributed by atoms with Crippen LogP contribution in [0.5, 0.6) is 5.75 Å². The van der Waals surface area contributed by atoms with Gasteiger partial charge >= 0.3 is 0 Å². The lowest BCUT2D eigenvalue weighted by Gasteiger charge is -2.18. The van der Waals surface area contributed by atoms with E-state index >= 15 is 0 Å². The largest absolute Gasteiger partial charge is 0.481 e. The van der Waals surface area contributed by atoms with Crippen molar-refractivity contribution in [2.75, 3.05) is 5.32 Å². The molecule has 0 saturated heterocycles. The van der Waals surface area contributed by atoms with Crippen LogP contribution in [-0.4, -0.2) is 12.0 Å². The highest BCUT2D eigenvalue weighted by atomic mass is 79.9. The summed E-state index contributed by atoms with van der Waals surface area (Å²) in [5, 5.41) is 2.87. The molecular formula is C18H20BrNO2. The Bertz CT molecular complexity index is 697. The van der Waals surface area contributed by atoms with Gasteiger partial charge in [0.25, 0.3) is 5.91 Å². The third-order valence-electron chi connectivity index (χ3n) is 3.57. The molecule has 2 aromatic carbocycles. The van der Waals surface area contributed by atoms with Gasteiger partial charge < -0.3 is 10.1 Å². The molecule has 0 aliphatic heterocycles. The van der Waals surface area contributed by atoms with Crippen LogP contribution in [0, 0.1) is 20.8 Å². The van der Waals surface area contributed by atoms with Crippen LogP contribution in [0.1, 0.15) is 23.6 Å². The summed E-state index contributed by atoms with van der Waals surface area (Å²) in [4.78, 5) is 12.3. The number of aryl methyl sites for hydroxylation is 2. The first-order chi connectivity index (χ1) is 10.4. The summed E-state index contributed by atoms with van der Waals surface area (Å²) in [7, 11) is 0. The molecule has 0 saturated carbocycles. The van der Waals surface area contributed by atoms with Gasteiger partial charge in [-0.2, -0.15) is 0 Å². The quantitative estimate of drug-likeness (QED) is 0.850. The number of hydrogen-bond donors (Lipinski definition) is 1. The summed E-state index contributed by atoms with van der Waals surface area (Å²) in [6, 6.07) is 11.6. The highest BCUT2D eigenvalue weighted by Gasteiger charge is 2.17. The van der Waals surface area contributed by atoms with Crippen LogP contribution in [0.3, 0.4) is 0 Å². The van der Waals surface area contributed by atoms with E-state index in [1.165, 1.54) is 0 Å². The van der Waals surface area contributed by atoms with Crippen molar-refractivity contribution >= 4 is 27.5 Å². The number of para-hydroxylation sites is 1. The zero-order valence-corrected chi connectivity index (χ0v) is 14.8. The van der Waals surface area contributed by atoms with E-state index in [1.54, 1.807) is 6.92 Å². The molecule has 1 atom stereocenters. The molecule has 22 heavy (non-hydrogen) atoms. The number of amides is 1. The van der Waals surface area contributed by atoms with E-state index in [1.807, 2.05) is 51.1 Å². The second kappa shape index (κ2) is 6.97. The highest BCUT2D eigenvalue weighted by Crippen LogP contribution is 2.25. The van der Waals surface area contributed by atoms with Gasteiger partial charge in [0.2, 0.25) is 0 Å². The molecule has 0 radical (unpaired) electrons. The third-order valence-corrected chi connectivity index (χ3v) is 4.26. The third kappa shape index (κ3) is 3.89. The van der Waals surface area contributed by atoms with Gasteiger partial charge in [-0.05, 0) is 78.5 Å². The summed E-state index contributed by atoms with van der Waals surface area (Å²) in [6.07, 6.45) is -0.577. The van der Waals surface area contributed by atoms with Crippen LogP contribution in [0.15, 0.2) is 40.9 Å². The topological polar surface area (TPSA) is 38.3 Å². The van der Waals surface area contributed by atoms with Crippen molar-refractivity contribution in [3.8, 4) is 5.75 Å². The second-order valence-electron chi connectivity index (χ2n) is 5.43. The molecular weight excluding hydrogens is 342 g/mol. The molecule has 1 amide bonds. The first kappa shape index (κ1) is 16.6. The van der Waals surface area contributed by atoms with Crippen molar-refractivity contribution in [3.05, 3.63) is 57.6 Å². The van der Waals surface area contributed by atoms with Crippen LogP contribution in [0.4, 0.5) is 5.69 Å². The number of carbonyl (C=O) groups is 1. The van der Waals surface area contributed by atoms with Gasteiger partial charge in [0.1, 0.15) is 5.75 Å². The monoisotopic (exact) mass is 361 g/mol. The van der Waals surface area contributed by atoms with E-state index < -0.39 is 6.10 Å². The SMILES string of the molecule is Cc1cc(C)c(C)c(O[C@H](C)C(=O)Nc2ccccc2Br)c1. The van der Waals surface area contributed by atoms with Crippen molar-refractivity contribution < 1.29 is 9.53 Å². The first-order valence-electron chi connectivity index (χ1n) is 7.18. The Morgan fingerprint density at radius 1 is 1.18 bits per heavy atom. The van der Waals surface area contributed by atoms with E-state index in [2.05, 4.69) is 27.3 Å². The molecule has 0 unspecified atom stereocenters. The van der Waals surface area contributed by atoms with Gasteiger partial charge in [-0.15, -0.1) is 0 Å². The van der Waals surface area contributed by atoms with Crippen LogP contribution >= 0.6 is 15.9 Å². The number of ether oxygens (including phenoxy) is 1. The molecule has 0 aliphatic carbocycles. The second-order valence-corrected chi connectivity index (χ2v) is 6.29. The van der Waals surface area contributed by atoms with Crippen LogP contribution in [0.25, 0.3) is 0 Å². The Hall–Kier alpha value is -1.81. The summed E-state index contributed by atoms with van der Waals surface area (Å²) >= 11 is 3.42. The molecule has 2 aromatic rings. The van der Waals surface area contributed by atoms with E-state index in [0.29, 0.717) is 0 Å². The first-order valence-corrected chi connectivity index (χ1v) is 7.97. The lowest BCUT2D eigenvalue weighted by atomic mass is 10.1. The average molecular weight is 362 g/mol. The smallest absolute Gasteiger partial charge is 0.265 e. The summed E-state index contributed by atoms with van der Waals surface area (Å²) in [5.41, 5.74) is 4.08. The number of halogens is 1. The minimum Gasteiger partial charge on any atom is -0.481 e. The van der Waals surface area contributed by atoms with Gasteiger partial charge in [-0.3, -0.25) is 4.79 Å². The lowest BCUT2D eigenvalue weighted by molar-refractivity contribution is -0.122. The molecule has 0 heterocycles. The minimum atomic E-state index is -0.577. The average Bonchev–Trinajstić information content (AvgIpc) is 2.46. The Morgan fingerprint density at radius 3 is 2.55 bits per heavy atom. The van der Waals surface area contributed by atoms with Crippen molar-refractivity contribution in [2.24, 2.45) is 0 Å². The molecule has 116 valence electrons. The normalized spacial score (nSPS) is 11.9.